The molecule has 146 valence electrons. The Morgan fingerprint density at radius 1 is 0.929 bits per heavy atom. The van der Waals surface area contributed by atoms with Crippen molar-refractivity contribution in [3.63, 3.8) is 0 Å². The number of carbonyl (C=O) groups excluding carboxylic acids is 2. The van der Waals surface area contributed by atoms with Crippen LogP contribution in [0.25, 0.3) is 0 Å². The predicted octanol–water partition coefficient (Wildman–Crippen LogP) is 1.04. The molecule has 28 heavy (non-hydrogen) atoms. The number of hydrogen-bond acceptors (Lipinski definition) is 7. The van der Waals surface area contributed by atoms with Crippen molar-refractivity contribution in [1.29, 1.82) is 0 Å². The van der Waals surface area contributed by atoms with Gasteiger partial charge in [-0.05, 0) is 36.9 Å². The van der Waals surface area contributed by atoms with E-state index in [1.165, 1.54) is 0 Å². The first-order valence-electron chi connectivity index (χ1n) is 8.96. The predicted molar refractivity (Wildman–Crippen MR) is 104 cm³/mol. The summed E-state index contributed by atoms with van der Waals surface area (Å²) in [6.07, 6.45) is 0.761. The van der Waals surface area contributed by atoms with Gasteiger partial charge in [-0.25, -0.2) is 0 Å². The zero-order valence-corrected chi connectivity index (χ0v) is 15.9. The third-order valence-electron chi connectivity index (χ3n) is 4.25. The number of likely N-dealkylation sites (N-methyl/N-ethyl adjacent to an activating group) is 1. The number of methoxy groups -OCH3 is 1. The molecule has 7 nitrogen and oxygen atoms in total. The number of carbonyl (C=O) groups is 2. The molecule has 0 bridgehead atoms. The van der Waals surface area contributed by atoms with Crippen molar-refractivity contribution >= 4 is 24.5 Å². The topological polar surface area (TPSA) is 74.3 Å². The highest BCUT2D eigenvalue weighted by Crippen LogP contribution is 2.13. The molecule has 0 unspecified atom stereocenters. The van der Waals surface area contributed by atoms with Gasteiger partial charge in [0.15, 0.2) is 0 Å². The van der Waals surface area contributed by atoms with Gasteiger partial charge >= 0.3 is 19.1 Å². The smallest absolute Gasteiger partial charge is 0.497 e. The summed E-state index contributed by atoms with van der Waals surface area (Å²) in [5.74, 6) is 0.614. The number of benzene rings is 2. The quantitative estimate of drug-likeness (QED) is 0.691. The van der Waals surface area contributed by atoms with Crippen molar-refractivity contribution in [3.05, 3.63) is 54.1 Å². The largest absolute Gasteiger partial charge is 0.636 e. The van der Waals surface area contributed by atoms with Gasteiger partial charge in [0, 0.05) is 11.9 Å². The van der Waals surface area contributed by atoms with Crippen LogP contribution in [0, 0.1) is 0 Å². The summed E-state index contributed by atoms with van der Waals surface area (Å²) in [5, 5.41) is 0. The summed E-state index contributed by atoms with van der Waals surface area (Å²) < 4.78 is 21.4. The Bertz CT molecular complexity index is 788. The van der Waals surface area contributed by atoms with Crippen molar-refractivity contribution in [2.75, 3.05) is 33.9 Å². The Morgan fingerprint density at radius 2 is 1.50 bits per heavy atom. The minimum absolute atomic E-state index is 0.0398. The van der Waals surface area contributed by atoms with Crippen LogP contribution in [0.2, 0.25) is 0 Å². The van der Waals surface area contributed by atoms with Crippen molar-refractivity contribution in [2.45, 2.75) is 6.42 Å². The SMILES string of the molecule is COc1ccc(CCOc2ccc(B3OC(=O)CN(C)CC(=O)O3)cc2)cc1. The zero-order chi connectivity index (χ0) is 19.9. The molecule has 2 aromatic rings. The van der Waals surface area contributed by atoms with E-state index in [0.29, 0.717) is 17.8 Å². The Morgan fingerprint density at radius 3 is 2.07 bits per heavy atom. The van der Waals surface area contributed by atoms with E-state index in [-0.39, 0.29) is 13.1 Å². The first kappa shape index (κ1) is 19.8. The number of ether oxygens (including phenoxy) is 2. The van der Waals surface area contributed by atoms with Crippen molar-refractivity contribution in [1.82, 2.24) is 4.90 Å². The Labute approximate surface area is 164 Å². The standard InChI is InChI=1S/C20H22BNO6/c1-22-13-19(23)27-21(28-20(24)14-22)16-5-9-18(10-6-16)26-12-11-15-3-7-17(25-2)8-4-15/h3-10H,11-14H2,1-2H3. The maximum Gasteiger partial charge on any atom is 0.636 e. The van der Waals surface area contributed by atoms with Gasteiger partial charge in [-0.3, -0.25) is 14.5 Å². The van der Waals surface area contributed by atoms with Gasteiger partial charge < -0.3 is 18.8 Å². The van der Waals surface area contributed by atoms with Crippen LogP contribution in [0.3, 0.4) is 0 Å². The lowest BCUT2D eigenvalue weighted by Gasteiger charge is -2.22. The third-order valence-corrected chi connectivity index (χ3v) is 4.25. The Balaban J connectivity index is 1.54. The number of rotatable bonds is 6. The summed E-state index contributed by atoms with van der Waals surface area (Å²) in [4.78, 5) is 25.2. The fourth-order valence-corrected chi connectivity index (χ4v) is 2.77. The molecule has 2 aromatic carbocycles. The summed E-state index contributed by atoms with van der Waals surface area (Å²) in [5.41, 5.74) is 1.73. The molecule has 0 aromatic heterocycles. The highest BCUT2D eigenvalue weighted by molar-refractivity contribution is 6.64. The fourth-order valence-electron chi connectivity index (χ4n) is 2.77. The van der Waals surface area contributed by atoms with E-state index < -0.39 is 19.1 Å². The van der Waals surface area contributed by atoms with Crippen LogP contribution in [0.15, 0.2) is 48.5 Å². The van der Waals surface area contributed by atoms with E-state index in [1.807, 2.05) is 24.3 Å². The average molecular weight is 383 g/mol. The number of nitrogens with zero attached hydrogens (tertiary/aromatic N) is 1. The summed E-state index contributed by atoms with van der Waals surface area (Å²) in [6, 6.07) is 14.8. The van der Waals surface area contributed by atoms with Crippen LogP contribution in [0.1, 0.15) is 5.56 Å². The molecule has 0 N–H and O–H groups in total. The van der Waals surface area contributed by atoms with Gasteiger partial charge in [-0.15, -0.1) is 0 Å². The molecular formula is C20H22BNO6. The van der Waals surface area contributed by atoms with Gasteiger partial charge in [0.2, 0.25) is 0 Å². The molecule has 0 spiro atoms. The van der Waals surface area contributed by atoms with E-state index in [4.69, 9.17) is 18.8 Å². The molecule has 0 radical (unpaired) electrons. The van der Waals surface area contributed by atoms with Gasteiger partial charge in [0.25, 0.3) is 0 Å². The lowest BCUT2D eigenvalue weighted by molar-refractivity contribution is -0.145. The second-order valence-corrected chi connectivity index (χ2v) is 6.50. The minimum atomic E-state index is -1.04. The maximum absolute atomic E-state index is 11.8. The monoisotopic (exact) mass is 383 g/mol. The molecule has 8 heteroatoms. The van der Waals surface area contributed by atoms with E-state index in [2.05, 4.69) is 0 Å². The van der Waals surface area contributed by atoms with Crippen molar-refractivity contribution < 1.29 is 28.4 Å². The Hall–Kier alpha value is -3.00. The lowest BCUT2D eigenvalue weighted by atomic mass is 9.78. The summed E-state index contributed by atoms with van der Waals surface area (Å²) in [6.45, 7) is 0.599. The zero-order valence-electron chi connectivity index (χ0n) is 15.9. The third kappa shape index (κ3) is 5.50. The van der Waals surface area contributed by atoms with Gasteiger partial charge in [0.05, 0.1) is 26.8 Å². The Kier molecular flexibility index (Phi) is 6.55. The summed E-state index contributed by atoms with van der Waals surface area (Å²) in [7, 11) is 2.25. The number of hydrogen-bond donors (Lipinski definition) is 0. The molecule has 1 aliphatic rings. The average Bonchev–Trinajstić information content (AvgIpc) is 2.67. The first-order valence-corrected chi connectivity index (χ1v) is 8.96. The van der Waals surface area contributed by atoms with Gasteiger partial charge in [-0.2, -0.15) is 0 Å². The molecule has 0 atom stereocenters. The molecule has 1 heterocycles. The second kappa shape index (κ2) is 9.28. The first-order chi connectivity index (χ1) is 13.5. The molecule has 3 rings (SSSR count). The van der Waals surface area contributed by atoms with Crippen LogP contribution in [-0.2, 0) is 25.3 Å². The maximum atomic E-state index is 11.8. The minimum Gasteiger partial charge on any atom is -0.497 e. The van der Waals surface area contributed by atoms with Crippen LogP contribution < -0.4 is 14.9 Å². The highest BCUT2D eigenvalue weighted by atomic mass is 16.6. The van der Waals surface area contributed by atoms with Crippen LogP contribution in [0.4, 0.5) is 0 Å². The van der Waals surface area contributed by atoms with Crippen molar-refractivity contribution in [3.8, 4) is 11.5 Å². The van der Waals surface area contributed by atoms with Gasteiger partial charge in [0.1, 0.15) is 11.5 Å². The molecule has 0 saturated carbocycles. The second-order valence-electron chi connectivity index (χ2n) is 6.50. The molecule has 1 saturated heterocycles. The van der Waals surface area contributed by atoms with Crippen molar-refractivity contribution in [2.24, 2.45) is 0 Å². The van der Waals surface area contributed by atoms with E-state index >= 15 is 0 Å². The van der Waals surface area contributed by atoms with Gasteiger partial charge in [-0.1, -0.05) is 24.3 Å². The summed E-state index contributed by atoms with van der Waals surface area (Å²) >= 11 is 0. The van der Waals surface area contributed by atoms with Crippen LogP contribution in [-0.4, -0.2) is 57.8 Å². The molecule has 1 aliphatic heterocycles. The molecule has 0 aliphatic carbocycles. The van der Waals surface area contributed by atoms with E-state index in [0.717, 1.165) is 17.7 Å². The molecule has 0 amide bonds. The van der Waals surface area contributed by atoms with Crippen LogP contribution >= 0.6 is 0 Å². The van der Waals surface area contributed by atoms with Crippen LogP contribution in [0.5, 0.6) is 11.5 Å². The molecule has 1 fully saturated rings. The highest BCUT2D eigenvalue weighted by Gasteiger charge is 2.33. The fraction of sp³-hybridized carbons (Fsp3) is 0.300. The lowest BCUT2D eigenvalue weighted by Crippen LogP contribution is -2.47. The molecular weight excluding hydrogens is 361 g/mol. The normalized spacial score (nSPS) is 15.3. The van der Waals surface area contributed by atoms with E-state index in [9.17, 15) is 9.59 Å². The van der Waals surface area contributed by atoms with E-state index in [1.54, 1.807) is 43.3 Å².